The zero-order valence-electron chi connectivity index (χ0n) is 16.0. The Bertz CT molecular complexity index is 1020. The van der Waals surface area contributed by atoms with E-state index in [1.165, 1.54) is 17.5 Å². The molecule has 0 radical (unpaired) electrons. The van der Waals surface area contributed by atoms with E-state index in [0.29, 0.717) is 29.1 Å². The Hall–Kier alpha value is -3.30. The maximum absolute atomic E-state index is 11.8. The predicted octanol–water partition coefficient (Wildman–Crippen LogP) is 2.35. The SMILES string of the molecule is CNC(=O)C(C)n1cc(Nc2nc(N=CC(C)C3CC3)c3cc[nH]c3n2)nn1. The van der Waals surface area contributed by atoms with Crippen LogP contribution in [0.25, 0.3) is 11.0 Å². The van der Waals surface area contributed by atoms with Crippen LogP contribution in [0, 0.1) is 11.8 Å². The summed E-state index contributed by atoms with van der Waals surface area (Å²) in [6.07, 6.45) is 7.96. The Morgan fingerprint density at radius 2 is 2.21 bits per heavy atom. The monoisotopic (exact) mass is 381 g/mol. The molecule has 146 valence electrons. The molecule has 0 aliphatic heterocycles. The van der Waals surface area contributed by atoms with Gasteiger partial charge >= 0.3 is 0 Å². The molecule has 10 nitrogen and oxygen atoms in total. The number of nitrogens with one attached hydrogen (secondary N) is 3. The van der Waals surface area contributed by atoms with Gasteiger partial charge in [0.2, 0.25) is 11.9 Å². The lowest BCUT2D eigenvalue weighted by molar-refractivity contribution is -0.123. The summed E-state index contributed by atoms with van der Waals surface area (Å²) < 4.78 is 1.48. The van der Waals surface area contributed by atoms with E-state index in [9.17, 15) is 4.79 Å². The highest BCUT2D eigenvalue weighted by Gasteiger charge is 2.26. The van der Waals surface area contributed by atoms with Gasteiger partial charge in [-0.2, -0.15) is 9.97 Å². The first kappa shape index (κ1) is 18.1. The summed E-state index contributed by atoms with van der Waals surface area (Å²) >= 11 is 0. The van der Waals surface area contributed by atoms with E-state index in [2.05, 4.69) is 47.8 Å². The largest absolute Gasteiger partial charge is 0.357 e. The van der Waals surface area contributed by atoms with E-state index in [-0.39, 0.29) is 5.91 Å². The van der Waals surface area contributed by atoms with Crippen molar-refractivity contribution < 1.29 is 4.79 Å². The number of amides is 1. The number of rotatable bonds is 7. The standard InChI is InChI=1S/C18H23N9O/c1-10(12-4-5-12)8-21-16-13-6-7-20-15(13)23-18(24-16)22-14-9-27(26-25-14)11(2)17(28)19-3/h6-12H,4-5H2,1-3H3,(H,19,28)(H2,20,22,23,24). The number of aliphatic imine (C=N–C) groups is 1. The number of anilines is 2. The van der Waals surface area contributed by atoms with Crippen molar-refractivity contribution in [3.63, 3.8) is 0 Å². The van der Waals surface area contributed by atoms with E-state index in [4.69, 9.17) is 0 Å². The molecule has 2 atom stereocenters. The lowest BCUT2D eigenvalue weighted by atomic mass is 10.1. The van der Waals surface area contributed by atoms with Crippen LogP contribution in [0.1, 0.15) is 32.7 Å². The summed E-state index contributed by atoms with van der Waals surface area (Å²) in [5, 5.41) is 14.5. The number of fused-ring (bicyclic) bond motifs is 1. The molecule has 3 aromatic heterocycles. The molecular weight excluding hydrogens is 358 g/mol. The lowest BCUT2D eigenvalue weighted by Crippen LogP contribution is -2.28. The quantitative estimate of drug-likeness (QED) is 0.539. The molecule has 1 aliphatic rings. The first-order valence-corrected chi connectivity index (χ1v) is 9.35. The third-order valence-electron chi connectivity index (χ3n) is 4.97. The fourth-order valence-corrected chi connectivity index (χ4v) is 2.98. The van der Waals surface area contributed by atoms with Crippen LogP contribution < -0.4 is 10.6 Å². The number of carbonyl (C=O) groups is 1. The Morgan fingerprint density at radius 3 is 2.96 bits per heavy atom. The Balaban J connectivity index is 1.57. The van der Waals surface area contributed by atoms with Gasteiger partial charge in [0.25, 0.3) is 0 Å². The second kappa shape index (κ2) is 7.37. The van der Waals surface area contributed by atoms with Gasteiger partial charge in [0.05, 0.1) is 11.6 Å². The van der Waals surface area contributed by atoms with Gasteiger partial charge < -0.3 is 15.6 Å². The number of likely N-dealkylation sites (N-methyl/N-ethyl adjacent to an activating group) is 1. The molecule has 1 amide bonds. The van der Waals surface area contributed by atoms with E-state index in [0.717, 1.165) is 11.3 Å². The van der Waals surface area contributed by atoms with Crippen molar-refractivity contribution >= 4 is 40.7 Å². The average molecular weight is 381 g/mol. The number of nitrogens with zero attached hydrogens (tertiary/aromatic N) is 6. The second-order valence-corrected chi connectivity index (χ2v) is 7.08. The number of aromatic nitrogens is 6. The zero-order chi connectivity index (χ0) is 19.7. The average Bonchev–Trinajstić information content (AvgIpc) is 3.27. The van der Waals surface area contributed by atoms with Crippen LogP contribution in [0.3, 0.4) is 0 Å². The molecule has 0 aromatic carbocycles. The summed E-state index contributed by atoms with van der Waals surface area (Å²) in [6, 6.07) is 1.44. The molecule has 0 saturated heterocycles. The van der Waals surface area contributed by atoms with Gasteiger partial charge in [-0.25, -0.2) is 9.67 Å². The third-order valence-corrected chi connectivity index (χ3v) is 4.97. The normalized spacial score (nSPS) is 16.4. The molecule has 1 aliphatic carbocycles. The first-order chi connectivity index (χ1) is 13.5. The van der Waals surface area contributed by atoms with Gasteiger partial charge in [0.15, 0.2) is 11.6 Å². The second-order valence-electron chi connectivity index (χ2n) is 7.08. The molecule has 3 aromatic rings. The maximum Gasteiger partial charge on any atom is 0.244 e. The van der Waals surface area contributed by atoms with Crippen LogP contribution in [0.4, 0.5) is 17.6 Å². The van der Waals surface area contributed by atoms with Gasteiger partial charge in [-0.15, -0.1) is 5.10 Å². The molecule has 4 rings (SSSR count). The van der Waals surface area contributed by atoms with Crippen LogP contribution in [-0.2, 0) is 4.79 Å². The molecular formula is C18H23N9O. The van der Waals surface area contributed by atoms with Crippen LogP contribution >= 0.6 is 0 Å². The zero-order valence-corrected chi connectivity index (χ0v) is 16.0. The van der Waals surface area contributed by atoms with Crippen LogP contribution in [-0.4, -0.2) is 49.1 Å². The molecule has 0 spiro atoms. The van der Waals surface area contributed by atoms with E-state index in [1.54, 1.807) is 20.2 Å². The van der Waals surface area contributed by atoms with Crippen LogP contribution in [0.2, 0.25) is 0 Å². The van der Waals surface area contributed by atoms with Gasteiger partial charge in [0.1, 0.15) is 11.7 Å². The van der Waals surface area contributed by atoms with E-state index in [1.807, 2.05) is 18.5 Å². The van der Waals surface area contributed by atoms with Crippen LogP contribution in [0.5, 0.6) is 0 Å². The summed E-state index contributed by atoms with van der Waals surface area (Å²) in [7, 11) is 1.58. The molecule has 3 heterocycles. The molecule has 1 fully saturated rings. The number of hydrogen-bond donors (Lipinski definition) is 3. The molecule has 10 heteroatoms. The van der Waals surface area contributed by atoms with Gasteiger partial charge in [-0.3, -0.25) is 4.79 Å². The molecule has 28 heavy (non-hydrogen) atoms. The highest BCUT2D eigenvalue weighted by atomic mass is 16.2. The fraction of sp³-hybridized carbons (Fsp3) is 0.444. The first-order valence-electron chi connectivity index (χ1n) is 9.35. The van der Waals surface area contributed by atoms with Crippen molar-refractivity contribution in [2.45, 2.75) is 32.7 Å². The number of H-pyrrole nitrogens is 1. The Labute approximate surface area is 161 Å². The lowest BCUT2D eigenvalue weighted by Gasteiger charge is -2.08. The van der Waals surface area contributed by atoms with Crippen molar-refractivity contribution in [3.8, 4) is 0 Å². The highest BCUT2D eigenvalue weighted by Crippen LogP contribution is 2.36. The van der Waals surface area contributed by atoms with Gasteiger partial charge in [-0.05, 0) is 37.7 Å². The number of hydrogen-bond acceptors (Lipinski definition) is 7. The summed E-state index contributed by atoms with van der Waals surface area (Å²) in [4.78, 5) is 28.5. The van der Waals surface area contributed by atoms with E-state index >= 15 is 0 Å². The van der Waals surface area contributed by atoms with Crippen molar-refractivity contribution in [2.75, 3.05) is 12.4 Å². The van der Waals surface area contributed by atoms with Crippen molar-refractivity contribution in [1.29, 1.82) is 0 Å². The molecule has 2 unspecified atom stereocenters. The minimum Gasteiger partial charge on any atom is -0.357 e. The molecule has 3 N–H and O–H groups in total. The van der Waals surface area contributed by atoms with Crippen LogP contribution in [0.15, 0.2) is 23.5 Å². The summed E-state index contributed by atoms with van der Waals surface area (Å²) in [6.45, 7) is 3.92. The molecule has 1 saturated carbocycles. The summed E-state index contributed by atoms with van der Waals surface area (Å²) in [5.74, 6) is 2.44. The fourth-order valence-electron chi connectivity index (χ4n) is 2.98. The molecule has 0 bridgehead atoms. The Morgan fingerprint density at radius 1 is 1.39 bits per heavy atom. The summed E-state index contributed by atoms with van der Waals surface area (Å²) in [5.41, 5.74) is 0.690. The minimum atomic E-state index is -0.469. The third kappa shape index (κ3) is 3.71. The highest BCUT2D eigenvalue weighted by molar-refractivity contribution is 5.88. The number of aromatic amines is 1. The van der Waals surface area contributed by atoms with Gasteiger partial charge in [-0.1, -0.05) is 12.1 Å². The van der Waals surface area contributed by atoms with Crippen molar-refractivity contribution in [3.05, 3.63) is 18.5 Å². The van der Waals surface area contributed by atoms with Crippen molar-refractivity contribution in [1.82, 2.24) is 35.3 Å². The maximum atomic E-state index is 11.8. The smallest absolute Gasteiger partial charge is 0.244 e. The predicted molar refractivity (Wildman–Crippen MR) is 106 cm³/mol. The van der Waals surface area contributed by atoms with Gasteiger partial charge in [0, 0.05) is 19.5 Å². The number of carbonyl (C=O) groups excluding carboxylic acids is 1. The minimum absolute atomic E-state index is 0.151. The topological polar surface area (TPSA) is 126 Å². The van der Waals surface area contributed by atoms with Crippen molar-refractivity contribution in [2.24, 2.45) is 16.8 Å². The van der Waals surface area contributed by atoms with E-state index < -0.39 is 6.04 Å². The Kier molecular flexibility index (Phi) is 4.76.